The van der Waals surface area contributed by atoms with Crippen LogP contribution in [0, 0.1) is 0 Å². The molecule has 5 nitrogen and oxygen atoms in total. The number of nitrogens with zero attached hydrogens (tertiary/aromatic N) is 1. The predicted octanol–water partition coefficient (Wildman–Crippen LogP) is 5.23. The molecule has 3 rings (SSSR count). The Morgan fingerprint density at radius 1 is 0.941 bits per heavy atom. The van der Waals surface area contributed by atoms with Crippen LogP contribution in [0.2, 0.25) is 5.02 Å². The highest BCUT2D eigenvalue weighted by molar-refractivity contribution is 6.30. The van der Waals surface area contributed by atoms with Crippen LogP contribution in [0.3, 0.4) is 0 Å². The van der Waals surface area contributed by atoms with Gasteiger partial charge in [0.25, 0.3) is 5.91 Å². The first-order valence-electron chi connectivity index (χ1n) is 11.4. The van der Waals surface area contributed by atoms with Gasteiger partial charge >= 0.3 is 0 Å². The summed E-state index contributed by atoms with van der Waals surface area (Å²) in [6.45, 7) is 4.31. The van der Waals surface area contributed by atoms with Gasteiger partial charge in [0, 0.05) is 25.0 Å². The van der Waals surface area contributed by atoms with Gasteiger partial charge in [-0.25, -0.2) is 0 Å². The molecule has 34 heavy (non-hydrogen) atoms. The van der Waals surface area contributed by atoms with Crippen molar-refractivity contribution in [1.82, 2.24) is 10.2 Å². The van der Waals surface area contributed by atoms with E-state index < -0.39 is 6.04 Å². The van der Waals surface area contributed by atoms with E-state index in [4.69, 9.17) is 16.3 Å². The van der Waals surface area contributed by atoms with E-state index in [9.17, 15) is 9.59 Å². The molecule has 2 amide bonds. The largest absolute Gasteiger partial charge is 0.484 e. The maximum Gasteiger partial charge on any atom is 0.261 e. The second-order valence-corrected chi connectivity index (χ2v) is 8.92. The maximum atomic E-state index is 13.4. The molecule has 3 aromatic rings. The van der Waals surface area contributed by atoms with E-state index in [1.807, 2.05) is 66.7 Å². The van der Waals surface area contributed by atoms with E-state index in [1.165, 1.54) is 5.56 Å². The Morgan fingerprint density at radius 2 is 1.62 bits per heavy atom. The molecule has 0 heterocycles. The first-order chi connectivity index (χ1) is 16.4. The molecule has 0 aromatic heterocycles. The molecular weight excluding hydrogens is 448 g/mol. The molecule has 0 aliphatic carbocycles. The Hall–Kier alpha value is -3.31. The van der Waals surface area contributed by atoms with Crippen molar-refractivity contribution in [2.24, 2.45) is 0 Å². The Bertz CT molecular complexity index is 1080. The van der Waals surface area contributed by atoms with Gasteiger partial charge in [-0.1, -0.05) is 80.0 Å². The lowest BCUT2D eigenvalue weighted by atomic mass is 10.0. The third-order valence-electron chi connectivity index (χ3n) is 5.67. The number of ether oxygens (including phenoxy) is 1. The maximum absolute atomic E-state index is 13.4. The fraction of sp³-hybridized carbons (Fsp3) is 0.286. The summed E-state index contributed by atoms with van der Waals surface area (Å²) in [5, 5.41) is 3.28. The van der Waals surface area contributed by atoms with Crippen molar-refractivity contribution >= 4 is 23.4 Å². The van der Waals surface area contributed by atoms with Gasteiger partial charge in [-0.05, 0) is 46.9 Å². The fourth-order valence-corrected chi connectivity index (χ4v) is 3.94. The zero-order valence-corrected chi connectivity index (χ0v) is 20.6. The van der Waals surface area contributed by atoms with Crippen LogP contribution in [-0.2, 0) is 22.6 Å². The highest BCUT2D eigenvalue weighted by Crippen LogP contribution is 2.20. The lowest BCUT2D eigenvalue weighted by Crippen LogP contribution is -2.51. The van der Waals surface area contributed by atoms with E-state index in [2.05, 4.69) is 19.2 Å². The highest BCUT2D eigenvalue weighted by atomic mass is 35.5. The topological polar surface area (TPSA) is 58.6 Å². The molecule has 3 aromatic carbocycles. The number of nitrogens with one attached hydrogen (secondary N) is 1. The number of halogens is 1. The third kappa shape index (κ3) is 7.09. The summed E-state index contributed by atoms with van der Waals surface area (Å²) in [6.07, 6.45) is 0.385. The summed E-state index contributed by atoms with van der Waals surface area (Å²) in [5.74, 6) is 0.508. The zero-order valence-electron chi connectivity index (χ0n) is 19.8. The van der Waals surface area contributed by atoms with Gasteiger partial charge in [-0.15, -0.1) is 0 Å². The van der Waals surface area contributed by atoms with Crippen molar-refractivity contribution in [2.75, 3.05) is 13.7 Å². The van der Waals surface area contributed by atoms with E-state index in [-0.39, 0.29) is 25.0 Å². The lowest BCUT2D eigenvalue weighted by Gasteiger charge is -2.31. The second-order valence-electron chi connectivity index (χ2n) is 8.48. The van der Waals surface area contributed by atoms with Crippen molar-refractivity contribution in [1.29, 1.82) is 0 Å². The second kappa shape index (κ2) is 12.2. The number of amides is 2. The molecular formula is C28H31ClN2O3. The smallest absolute Gasteiger partial charge is 0.261 e. The Labute approximate surface area is 206 Å². The molecule has 1 N–H and O–H groups in total. The minimum absolute atomic E-state index is 0.177. The van der Waals surface area contributed by atoms with Gasteiger partial charge in [0.05, 0.1) is 0 Å². The number of carbonyl (C=O) groups is 2. The average molecular weight is 479 g/mol. The van der Waals surface area contributed by atoms with Crippen molar-refractivity contribution in [3.05, 3.63) is 101 Å². The minimum atomic E-state index is -0.703. The van der Waals surface area contributed by atoms with Crippen LogP contribution < -0.4 is 10.1 Å². The van der Waals surface area contributed by atoms with E-state index in [1.54, 1.807) is 24.1 Å². The fourth-order valence-electron chi connectivity index (χ4n) is 3.73. The summed E-state index contributed by atoms with van der Waals surface area (Å²) in [4.78, 5) is 27.9. The van der Waals surface area contributed by atoms with Gasteiger partial charge in [0.1, 0.15) is 11.8 Å². The van der Waals surface area contributed by atoms with Gasteiger partial charge < -0.3 is 15.0 Å². The van der Waals surface area contributed by atoms with Gasteiger partial charge in [0.15, 0.2) is 6.61 Å². The molecule has 6 heteroatoms. The number of hydrogen-bond donors (Lipinski definition) is 1. The monoisotopic (exact) mass is 478 g/mol. The zero-order chi connectivity index (χ0) is 24.5. The van der Waals surface area contributed by atoms with E-state index in [0.717, 1.165) is 11.1 Å². The molecule has 0 saturated heterocycles. The van der Waals surface area contributed by atoms with Crippen LogP contribution in [0.15, 0.2) is 78.9 Å². The van der Waals surface area contributed by atoms with Crippen molar-refractivity contribution < 1.29 is 14.3 Å². The first-order valence-corrected chi connectivity index (χ1v) is 11.8. The molecule has 0 fully saturated rings. The molecule has 0 aliphatic heterocycles. The quantitative estimate of drug-likeness (QED) is 0.434. The molecule has 0 spiro atoms. The molecule has 0 saturated carbocycles. The SMILES string of the molecule is CNC(=O)[C@H](Cc1ccccc1)N(Cc1cccc(Cl)c1)C(=O)COc1ccc(C(C)C)cc1. The minimum Gasteiger partial charge on any atom is -0.484 e. The van der Waals surface area contributed by atoms with Crippen LogP contribution in [0.4, 0.5) is 0 Å². The summed E-state index contributed by atoms with van der Waals surface area (Å²) < 4.78 is 5.81. The molecule has 0 unspecified atom stereocenters. The molecule has 178 valence electrons. The predicted molar refractivity (Wildman–Crippen MR) is 136 cm³/mol. The van der Waals surface area contributed by atoms with Gasteiger partial charge in [0.2, 0.25) is 5.91 Å². The number of likely N-dealkylation sites (N-methyl/N-ethyl adjacent to an activating group) is 1. The number of hydrogen-bond acceptors (Lipinski definition) is 3. The third-order valence-corrected chi connectivity index (χ3v) is 5.90. The molecule has 0 bridgehead atoms. The number of rotatable bonds is 10. The molecule has 1 atom stereocenters. The average Bonchev–Trinajstić information content (AvgIpc) is 2.85. The highest BCUT2D eigenvalue weighted by Gasteiger charge is 2.30. The van der Waals surface area contributed by atoms with Gasteiger partial charge in [-0.3, -0.25) is 9.59 Å². The van der Waals surface area contributed by atoms with Crippen LogP contribution in [0.1, 0.15) is 36.5 Å². The Kier molecular flexibility index (Phi) is 9.11. The van der Waals surface area contributed by atoms with Crippen molar-refractivity contribution in [2.45, 2.75) is 38.8 Å². The van der Waals surface area contributed by atoms with Crippen LogP contribution >= 0.6 is 11.6 Å². The van der Waals surface area contributed by atoms with E-state index in [0.29, 0.717) is 23.1 Å². The summed E-state index contributed by atoms with van der Waals surface area (Å²) in [5.41, 5.74) is 3.00. The van der Waals surface area contributed by atoms with Crippen molar-refractivity contribution in [3.8, 4) is 5.75 Å². The first kappa shape index (κ1) is 25.3. The Morgan fingerprint density at radius 3 is 2.24 bits per heavy atom. The molecule has 0 radical (unpaired) electrons. The van der Waals surface area contributed by atoms with E-state index >= 15 is 0 Å². The standard InChI is InChI=1S/C28H31ClN2O3/c1-20(2)23-12-14-25(15-13-23)34-19-27(32)31(18-22-10-7-11-24(29)16-22)26(28(33)30-3)17-21-8-5-4-6-9-21/h4-16,20,26H,17-19H2,1-3H3,(H,30,33)/t26-/m0/s1. The number of benzene rings is 3. The molecule has 0 aliphatic rings. The lowest BCUT2D eigenvalue weighted by molar-refractivity contribution is -0.142. The summed E-state index contributed by atoms with van der Waals surface area (Å²) in [6, 6.07) is 24.0. The Balaban J connectivity index is 1.84. The number of carbonyl (C=O) groups excluding carboxylic acids is 2. The van der Waals surface area contributed by atoms with Crippen molar-refractivity contribution in [3.63, 3.8) is 0 Å². The van der Waals surface area contributed by atoms with Crippen LogP contribution in [0.5, 0.6) is 5.75 Å². The van der Waals surface area contributed by atoms with Crippen LogP contribution in [-0.4, -0.2) is 36.4 Å². The summed E-state index contributed by atoms with van der Waals surface area (Å²) in [7, 11) is 1.58. The van der Waals surface area contributed by atoms with Gasteiger partial charge in [-0.2, -0.15) is 0 Å². The normalized spacial score (nSPS) is 11.7. The summed E-state index contributed by atoms with van der Waals surface area (Å²) >= 11 is 6.18. The van der Waals surface area contributed by atoms with Crippen LogP contribution in [0.25, 0.3) is 0 Å².